The molecule has 0 fully saturated rings. The average Bonchev–Trinajstić information content (AvgIpc) is 3.17. The van der Waals surface area contributed by atoms with Crippen molar-refractivity contribution in [1.29, 1.82) is 0 Å². The number of halogens is 1. The van der Waals surface area contributed by atoms with Gasteiger partial charge < -0.3 is 9.67 Å². The van der Waals surface area contributed by atoms with Gasteiger partial charge in [-0.15, -0.1) is 0 Å². The molecule has 184 valence electrons. The summed E-state index contributed by atoms with van der Waals surface area (Å²) in [5, 5.41) is 9.79. The largest absolute Gasteiger partial charge is 0.480 e. The number of carboxylic acid groups (broad SMARTS) is 1. The Morgan fingerprint density at radius 1 is 0.838 bits per heavy atom. The molecular weight excluding hydrogens is 481 g/mol. The van der Waals surface area contributed by atoms with Crippen LogP contribution in [0.2, 0.25) is 0 Å². The Balaban J connectivity index is 1.72. The molecule has 0 unspecified atom stereocenters. The first-order chi connectivity index (χ1) is 18.0. The zero-order valence-corrected chi connectivity index (χ0v) is 21.2. The van der Waals surface area contributed by atoms with Gasteiger partial charge in [0.15, 0.2) is 0 Å². The van der Waals surface area contributed by atoms with Crippen molar-refractivity contribution in [3.05, 3.63) is 132 Å². The number of carbonyl (C=O) groups is 1. The Hall–Kier alpha value is -4.09. The molecule has 0 spiro atoms. The second-order valence-corrected chi connectivity index (χ2v) is 9.96. The SMILES string of the molecule is Cc1c(Cc2ccccc2Sc2ccccc2)c(-c2cccc(F)c2)c(-c2ccccc2)n1CC(=O)O. The van der Waals surface area contributed by atoms with E-state index in [1.54, 1.807) is 17.8 Å². The average molecular weight is 508 g/mol. The second-order valence-electron chi connectivity index (χ2n) is 8.84. The monoisotopic (exact) mass is 507 g/mol. The summed E-state index contributed by atoms with van der Waals surface area (Å²) in [5.41, 5.74) is 6.26. The maximum atomic E-state index is 14.5. The Labute approximate surface area is 220 Å². The van der Waals surface area contributed by atoms with Crippen LogP contribution in [-0.4, -0.2) is 15.6 Å². The summed E-state index contributed by atoms with van der Waals surface area (Å²) in [5.74, 6) is -1.25. The van der Waals surface area contributed by atoms with E-state index in [-0.39, 0.29) is 12.4 Å². The molecule has 0 aliphatic rings. The van der Waals surface area contributed by atoms with Gasteiger partial charge in [0.05, 0.1) is 5.69 Å². The van der Waals surface area contributed by atoms with Crippen LogP contribution in [0.4, 0.5) is 4.39 Å². The van der Waals surface area contributed by atoms with Crippen LogP contribution in [0.15, 0.2) is 119 Å². The molecule has 5 rings (SSSR count). The molecule has 3 nitrogen and oxygen atoms in total. The van der Waals surface area contributed by atoms with Crippen LogP contribution in [-0.2, 0) is 17.8 Å². The first kappa shape index (κ1) is 24.6. The van der Waals surface area contributed by atoms with E-state index in [1.807, 2.05) is 78.2 Å². The van der Waals surface area contributed by atoms with Crippen LogP contribution in [0.1, 0.15) is 16.8 Å². The number of hydrogen-bond donors (Lipinski definition) is 1. The van der Waals surface area contributed by atoms with Gasteiger partial charge in [0.2, 0.25) is 0 Å². The lowest BCUT2D eigenvalue weighted by Crippen LogP contribution is -2.11. The zero-order chi connectivity index (χ0) is 25.8. The molecule has 0 saturated carbocycles. The van der Waals surface area contributed by atoms with Crippen molar-refractivity contribution in [2.45, 2.75) is 29.7 Å². The number of hydrogen-bond acceptors (Lipinski definition) is 2. The molecular formula is C32H26FNO2S. The molecule has 37 heavy (non-hydrogen) atoms. The Kier molecular flexibility index (Phi) is 7.24. The lowest BCUT2D eigenvalue weighted by atomic mass is 9.93. The Bertz CT molecular complexity index is 1540. The molecule has 0 bridgehead atoms. The lowest BCUT2D eigenvalue weighted by Gasteiger charge is -2.13. The van der Waals surface area contributed by atoms with Gasteiger partial charge in [-0.3, -0.25) is 4.79 Å². The number of carboxylic acids is 1. The van der Waals surface area contributed by atoms with Gasteiger partial charge in [-0.1, -0.05) is 90.6 Å². The van der Waals surface area contributed by atoms with E-state index in [1.165, 1.54) is 12.1 Å². The highest BCUT2D eigenvalue weighted by Crippen LogP contribution is 2.42. The summed E-state index contributed by atoms with van der Waals surface area (Å²) < 4.78 is 16.3. The van der Waals surface area contributed by atoms with Gasteiger partial charge in [0.1, 0.15) is 12.4 Å². The maximum Gasteiger partial charge on any atom is 0.323 e. The zero-order valence-electron chi connectivity index (χ0n) is 20.4. The molecule has 4 aromatic carbocycles. The molecule has 0 saturated heterocycles. The van der Waals surface area contributed by atoms with Crippen LogP contribution < -0.4 is 0 Å². The molecule has 0 atom stereocenters. The minimum atomic E-state index is -0.923. The third-order valence-corrected chi connectivity index (χ3v) is 7.54. The highest BCUT2D eigenvalue weighted by atomic mass is 32.2. The van der Waals surface area contributed by atoms with Crippen LogP contribution in [0.5, 0.6) is 0 Å². The van der Waals surface area contributed by atoms with E-state index in [9.17, 15) is 14.3 Å². The van der Waals surface area contributed by atoms with Gasteiger partial charge in [-0.25, -0.2) is 4.39 Å². The molecule has 5 heteroatoms. The Morgan fingerprint density at radius 3 is 2.19 bits per heavy atom. The summed E-state index contributed by atoms with van der Waals surface area (Å²) in [6.45, 7) is 1.78. The topological polar surface area (TPSA) is 42.2 Å². The van der Waals surface area contributed by atoms with Gasteiger partial charge in [0, 0.05) is 27.5 Å². The fourth-order valence-corrected chi connectivity index (χ4v) is 5.71. The lowest BCUT2D eigenvalue weighted by molar-refractivity contribution is -0.137. The van der Waals surface area contributed by atoms with Crippen LogP contribution in [0, 0.1) is 12.7 Å². The van der Waals surface area contributed by atoms with Crippen molar-refractivity contribution in [2.24, 2.45) is 0 Å². The number of aromatic nitrogens is 1. The molecule has 0 aliphatic heterocycles. The number of rotatable bonds is 8. The first-order valence-electron chi connectivity index (χ1n) is 12.1. The molecule has 1 aromatic heterocycles. The van der Waals surface area contributed by atoms with E-state index in [0.717, 1.165) is 49.0 Å². The first-order valence-corrected chi connectivity index (χ1v) is 12.9. The predicted molar refractivity (Wildman–Crippen MR) is 147 cm³/mol. The van der Waals surface area contributed by atoms with Crippen LogP contribution >= 0.6 is 11.8 Å². The maximum absolute atomic E-state index is 14.5. The fraction of sp³-hybridized carbons (Fsp3) is 0.0938. The minimum Gasteiger partial charge on any atom is -0.480 e. The van der Waals surface area contributed by atoms with E-state index in [4.69, 9.17) is 0 Å². The minimum absolute atomic E-state index is 0.182. The van der Waals surface area contributed by atoms with Crippen molar-refractivity contribution in [2.75, 3.05) is 0 Å². The smallest absolute Gasteiger partial charge is 0.323 e. The number of nitrogens with zero attached hydrogens (tertiary/aromatic N) is 1. The van der Waals surface area contributed by atoms with Crippen LogP contribution in [0.3, 0.4) is 0 Å². The van der Waals surface area contributed by atoms with Crippen LogP contribution in [0.25, 0.3) is 22.4 Å². The Morgan fingerprint density at radius 2 is 1.49 bits per heavy atom. The van der Waals surface area contributed by atoms with E-state index in [2.05, 4.69) is 24.3 Å². The normalized spacial score (nSPS) is 11.0. The van der Waals surface area contributed by atoms with Gasteiger partial charge in [0.25, 0.3) is 0 Å². The van der Waals surface area contributed by atoms with E-state index in [0.29, 0.717) is 6.42 Å². The predicted octanol–water partition coefficient (Wildman–Crippen LogP) is 8.10. The summed E-state index contributed by atoms with van der Waals surface area (Å²) in [7, 11) is 0. The van der Waals surface area contributed by atoms with Gasteiger partial charge >= 0.3 is 5.97 Å². The van der Waals surface area contributed by atoms with Gasteiger partial charge in [-0.2, -0.15) is 0 Å². The fourth-order valence-electron chi connectivity index (χ4n) is 4.75. The summed E-state index contributed by atoms with van der Waals surface area (Å²) in [4.78, 5) is 14.2. The van der Waals surface area contributed by atoms with Crippen molar-refractivity contribution >= 4 is 17.7 Å². The van der Waals surface area contributed by atoms with Crippen molar-refractivity contribution in [1.82, 2.24) is 4.57 Å². The van der Waals surface area contributed by atoms with Crippen molar-refractivity contribution in [3.8, 4) is 22.4 Å². The van der Waals surface area contributed by atoms with E-state index < -0.39 is 5.97 Å². The summed E-state index contributed by atoms with van der Waals surface area (Å²) in [6, 6.07) is 34.8. The molecule has 0 radical (unpaired) electrons. The number of benzene rings is 4. The highest BCUT2D eigenvalue weighted by molar-refractivity contribution is 7.99. The third-order valence-electron chi connectivity index (χ3n) is 6.41. The van der Waals surface area contributed by atoms with Gasteiger partial charge in [-0.05, 0) is 59.5 Å². The summed E-state index contributed by atoms with van der Waals surface area (Å²) in [6.07, 6.45) is 0.583. The quantitative estimate of drug-likeness (QED) is 0.231. The molecule has 0 aliphatic carbocycles. The second kappa shape index (κ2) is 10.9. The molecule has 5 aromatic rings. The molecule has 1 N–H and O–H groups in total. The summed E-state index contributed by atoms with van der Waals surface area (Å²) >= 11 is 1.70. The van der Waals surface area contributed by atoms with E-state index >= 15 is 0 Å². The van der Waals surface area contributed by atoms with Crippen molar-refractivity contribution < 1.29 is 14.3 Å². The molecule has 1 heterocycles. The standard InChI is InChI=1S/C32H26FNO2S/c1-22-28(20-24-13-8-9-18-29(24)37-27-16-6-3-7-17-27)31(25-14-10-15-26(33)19-25)32(34(22)21-30(35)36)23-11-4-2-5-12-23/h2-19H,20-21H2,1H3,(H,35,36). The van der Waals surface area contributed by atoms with Crippen molar-refractivity contribution in [3.63, 3.8) is 0 Å². The highest BCUT2D eigenvalue weighted by Gasteiger charge is 2.25. The third kappa shape index (κ3) is 5.37. The number of aliphatic carboxylic acids is 1. The molecule has 0 amide bonds.